The Hall–Kier alpha value is -2.70. The van der Waals surface area contributed by atoms with E-state index in [1.54, 1.807) is 6.07 Å². The van der Waals surface area contributed by atoms with Crippen molar-refractivity contribution in [1.82, 2.24) is 15.0 Å². The second-order valence-corrected chi connectivity index (χ2v) is 6.66. The number of halogens is 1. The number of nitrogens with one attached hydrogen (secondary N) is 1. The predicted octanol–water partition coefficient (Wildman–Crippen LogP) is 2.41. The lowest BCUT2D eigenvalue weighted by Gasteiger charge is -2.27. The van der Waals surface area contributed by atoms with Crippen molar-refractivity contribution < 1.29 is 14.3 Å². The van der Waals surface area contributed by atoms with Crippen LogP contribution in [-0.2, 0) is 4.79 Å². The molecule has 2 N–H and O–H groups in total. The van der Waals surface area contributed by atoms with Crippen LogP contribution in [0.4, 0.5) is 10.2 Å². The van der Waals surface area contributed by atoms with Gasteiger partial charge in [-0.25, -0.2) is 14.4 Å². The van der Waals surface area contributed by atoms with Gasteiger partial charge in [0, 0.05) is 18.5 Å². The molecule has 122 valence electrons. The molecular weight excluding hydrogens is 311 g/mol. The maximum absolute atomic E-state index is 13.5. The van der Waals surface area contributed by atoms with Crippen LogP contribution in [0.2, 0.25) is 0 Å². The lowest BCUT2D eigenvalue weighted by Crippen LogP contribution is -2.32. The Morgan fingerprint density at radius 2 is 2.21 bits per heavy atom. The molecule has 0 radical (unpaired) electrons. The number of aliphatic carboxylic acids is 1. The molecular formula is C17H15FN4O2. The monoisotopic (exact) mass is 326 g/mol. The summed E-state index contributed by atoms with van der Waals surface area (Å²) in [6.07, 6.45) is 2.36. The first-order valence-electron chi connectivity index (χ1n) is 8.03. The van der Waals surface area contributed by atoms with E-state index in [0.29, 0.717) is 23.6 Å². The number of carboxylic acids is 1. The number of nitrogens with zero attached hydrogens (tertiary/aromatic N) is 3. The second kappa shape index (κ2) is 4.66. The maximum atomic E-state index is 13.5. The van der Waals surface area contributed by atoms with Crippen molar-refractivity contribution in [2.75, 3.05) is 18.0 Å². The van der Waals surface area contributed by atoms with Gasteiger partial charge in [-0.1, -0.05) is 0 Å². The van der Waals surface area contributed by atoms with Crippen molar-refractivity contribution in [2.24, 2.45) is 17.8 Å². The number of hydrogen-bond acceptors (Lipinski definition) is 4. The number of H-pyrrole nitrogens is 1. The first-order chi connectivity index (χ1) is 11.6. The normalized spacial score (nSPS) is 25.9. The lowest BCUT2D eigenvalue weighted by atomic mass is 10.1. The molecule has 0 unspecified atom stereocenters. The van der Waals surface area contributed by atoms with E-state index in [1.807, 2.05) is 0 Å². The van der Waals surface area contributed by atoms with Crippen LogP contribution >= 0.6 is 0 Å². The smallest absolute Gasteiger partial charge is 0.307 e. The van der Waals surface area contributed by atoms with Crippen LogP contribution in [0.5, 0.6) is 0 Å². The predicted molar refractivity (Wildman–Crippen MR) is 86.3 cm³/mol. The molecule has 0 amide bonds. The average Bonchev–Trinajstić information content (AvgIpc) is 3.18. The number of fused-ring (bicyclic) bond motifs is 4. The van der Waals surface area contributed by atoms with Gasteiger partial charge in [-0.3, -0.25) is 4.79 Å². The fourth-order valence-electron chi connectivity index (χ4n) is 4.22. The van der Waals surface area contributed by atoms with Gasteiger partial charge in [-0.2, -0.15) is 0 Å². The summed E-state index contributed by atoms with van der Waals surface area (Å²) in [5.41, 5.74) is 1.37. The van der Waals surface area contributed by atoms with Gasteiger partial charge < -0.3 is 15.0 Å². The van der Waals surface area contributed by atoms with Gasteiger partial charge in [0.1, 0.15) is 23.6 Å². The number of carbonyl (C=O) groups is 1. The van der Waals surface area contributed by atoms with Gasteiger partial charge in [0.25, 0.3) is 0 Å². The summed E-state index contributed by atoms with van der Waals surface area (Å²) in [5.74, 6) is 0.0858. The molecule has 7 heteroatoms. The van der Waals surface area contributed by atoms with Crippen LogP contribution < -0.4 is 4.90 Å². The summed E-state index contributed by atoms with van der Waals surface area (Å²) in [6.45, 7) is 1.48. The number of carboxylic acid groups (broad SMARTS) is 1. The summed E-state index contributed by atoms with van der Waals surface area (Å²) in [5, 5.41) is 11.0. The highest BCUT2D eigenvalue weighted by Gasteiger charge is 2.57. The van der Waals surface area contributed by atoms with Crippen LogP contribution in [0.3, 0.4) is 0 Å². The standard InChI is InChI=1S/C17H15FN4O2/c18-8-1-2-10-12(5-8)21-15-14(10)16(20-7-19-15)22-4-3-9-11(6-22)13(9)17(23)24/h1-2,5,7,9,11,13H,3-4,6H2,(H,23,24)(H,19,20,21)/t9-,11+,13+/m0/s1. The molecule has 3 atom stereocenters. The lowest BCUT2D eigenvalue weighted by molar-refractivity contribution is -0.139. The molecule has 0 spiro atoms. The molecule has 1 aliphatic carbocycles. The number of anilines is 1. The molecule has 3 heterocycles. The summed E-state index contributed by atoms with van der Waals surface area (Å²) in [7, 11) is 0. The van der Waals surface area contributed by atoms with Crippen molar-refractivity contribution in [3.8, 4) is 0 Å². The second-order valence-electron chi connectivity index (χ2n) is 6.66. The van der Waals surface area contributed by atoms with Crippen molar-refractivity contribution in [3.05, 3.63) is 30.3 Å². The fraction of sp³-hybridized carbons (Fsp3) is 0.353. The van der Waals surface area contributed by atoms with E-state index in [4.69, 9.17) is 0 Å². The Morgan fingerprint density at radius 3 is 3.04 bits per heavy atom. The van der Waals surface area contributed by atoms with Gasteiger partial charge >= 0.3 is 5.97 Å². The van der Waals surface area contributed by atoms with E-state index in [1.165, 1.54) is 18.5 Å². The van der Waals surface area contributed by atoms with Crippen LogP contribution in [-0.4, -0.2) is 39.1 Å². The molecule has 1 saturated carbocycles. The van der Waals surface area contributed by atoms with Gasteiger partial charge in [0.05, 0.1) is 16.8 Å². The molecule has 3 aromatic rings. The highest BCUT2D eigenvalue weighted by atomic mass is 19.1. The molecule has 2 aliphatic rings. The largest absolute Gasteiger partial charge is 0.481 e. The molecule has 24 heavy (non-hydrogen) atoms. The van der Waals surface area contributed by atoms with Gasteiger partial charge in [-0.15, -0.1) is 0 Å². The zero-order chi connectivity index (χ0) is 16.4. The quantitative estimate of drug-likeness (QED) is 0.756. The molecule has 6 nitrogen and oxygen atoms in total. The van der Waals surface area contributed by atoms with E-state index in [-0.39, 0.29) is 17.7 Å². The van der Waals surface area contributed by atoms with Crippen molar-refractivity contribution >= 4 is 33.7 Å². The Labute approximate surface area is 136 Å². The van der Waals surface area contributed by atoms with E-state index in [9.17, 15) is 14.3 Å². The minimum Gasteiger partial charge on any atom is -0.481 e. The highest BCUT2D eigenvalue weighted by molar-refractivity contribution is 6.11. The minimum atomic E-state index is -0.692. The van der Waals surface area contributed by atoms with Crippen LogP contribution in [0.15, 0.2) is 24.5 Å². The molecule has 0 bridgehead atoms. The number of rotatable bonds is 2. The van der Waals surface area contributed by atoms with Gasteiger partial charge in [-0.05, 0) is 36.5 Å². The van der Waals surface area contributed by atoms with E-state index < -0.39 is 5.97 Å². The zero-order valence-corrected chi connectivity index (χ0v) is 12.7. The zero-order valence-electron chi connectivity index (χ0n) is 12.7. The fourth-order valence-corrected chi connectivity index (χ4v) is 4.22. The van der Waals surface area contributed by atoms with E-state index in [2.05, 4.69) is 19.9 Å². The Balaban J connectivity index is 1.60. The minimum absolute atomic E-state index is 0.198. The Morgan fingerprint density at radius 1 is 1.33 bits per heavy atom. The average molecular weight is 326 g/mol. The van der Waals surface area contributed by atoms with Crippen LogP contribution in [0.25, 0.3) is 21.9 Å². The van der Waals surface area contributed by atoms with Gasteiger partial charge in [0.15, 0.2) is 0 Å². The van der Waals surface area contributed by atoms with Crippen LogP contribution in [0, 0.1) is 23.6 Å². The number of aromatic amines is 1. The molecule has 2 fully saturated rings. The first kappa shape index (κ1) is 13.7. The molecule has 1 aliphatic heterocycles. The summed E-state index contributed by atoms with van der Waals surface area (Å²) < 4.78 is 13.5. The van der Waals surface area contributed by atoms with Crippen molar-refractivity contribution in [3.63, 3.8) is 0 Å². The third kappa shape index (κ3) is 1.84. The topological polar surface area (TPSA) is 82.1 Å². The van der Waals surface area contributed by atoms with Crippen LogP contribution in [0.1, 0.15) is 6.42 Å². The van der Waals surface area contributed by atoms with Crippen molar-refractivity contribution in [1.29, 1.82) is 0 Å². The number of piperidine rings is 1. The summed E-state index contributed by atoms with van der Waals surface area (Å²) >= 11 is 0. The molecule has 5 rings (SSSR count). The number of aromatic nitrogens is 3. The Kier molecular flexibility index (Phi) is 2.66. The SMILES string of the molecule is O=C(O)[C@H]1[C@@H]2CN(c3ncnc4[nH]c5cc(F)ccc5c34)CC[C@@H]21. The molecule has 2 aromatic heterocycles. The van der Waals surface area contributed by atoms with E-state index >= 15 is 0 Å². The third-order valence-corrected chi connectivity index (χ3v) is 5.41. The highest BCUT2D eigenvalue weighted by Crippen LogP contribution is 2.52. The maximum Gasteiger partial charge on any atom is 0.307 e. The number of benzene rings is 1. The van der Waals surface area contributed by atoms with Gasteiger partial charge in [0.2, 0.25) is 0 Å². The number of hydrogen-bond donors (Lipinski definition) is 2. The van der Waals surface area contributed by atoms with E-state index in [0.717, 1.165) is 29.6 Å². The molecule has 1 aromatic carbocycles. The Bertz CT molecular complexity index is 985. The molecule has 1 saturated heterocycles. The third-order valence-electron chi connectivity index (χ3n) is 5.41. The van der Waals surface area contributed by atoms with Crippen molar-refractivity contribution in [2.45, 2.75) is 6.42 Å². The summed E-state index contributed by atoms with van der Waals surface area (Å²) in [6, 6.07) is 4.62. The first-order valence-corrected chi connectivity index (χ1v) is 8.03. The summed E-state index contributed by atoms with van der Waals surface area (Å²) in [4.78, 5) is 25.3.